The average Bonchev–Trinajstić information content (AvgIpc) is 3.38. The number of hydrogen-bond donors (Lipinski definition) is 1. The number of amides is 1. The quantitative estimate of drug-likeness (QED) is 0.473. The molecule has 178 valence electrons. The highest BCUT2D eigenvalue weighted by Crippen LogP contribution is 2.31. The molecule has 1 aromatic carbocycles. The number of hydrogen-bond acceptors (Lipinski definition) is 6. The molecule has 2 N–H and O–H groups in total. The van der Waals surface area contributed by atoms with Crippen molar-refractivity contribution in [2.24, 2.45) is 12.8 Å². The molecule has 5 rings (SSSR count). The Hall–Kier alpha value is -3.43. The molecule has 0 spiro atoms. The van der Waals surface area contributed by atoms with E-state index in [2.05, 4.69) is 20.2 Å². The van der Waals surface area contributed by atoms with Crippen molar-refractivity contribution in [3.63, 3.8) is 0 Å². The molecule has 0 radical (unpaired) electrons. The summed E-state index contributed by atoms with van der Waals surface area (Å²) >= 11 is 0. The summed E-state index contributed by atoms with van der Waals surface area (Å²) in [7, 11) is 5.28. The van der Waals surface area contributed by atoms with Crippen molar-refractivity contribution in [2.75, 3.05) is 33.9 Å². The number of imidazole rings is 1. The molecule has 1 saturated heterocycles. The molecule has 1 amide bonds. The zero-order valence-corrected chi connectivity index (χ0v) is 19.8. The van der Waals surface area contributed by atoms with Crippen LogP contribution in [0.2, 0.25) is 0 Å². The summed E-state index contributed by atoms with van der Waals surface area (Å²) in [6, 6.07) is 11.7. The molecule has 0 saturated carbocycles. The second-order valence-corrected chi connectivity index (χ2v) is 8.79. The first-order valence-electron chi connectivity index (χ1n) is 11.5. The van der Waals surface area contributed by atoms with E-state index in [1.807, 2.05) is 42.3 Å². The predicted molar refractivity (Wildman–Crippen MR) is 131 cm³/mol. The lowest BCUT2D eigenvalue weighted by Crippen LogP contribution is -2.45. The van der Waals surface area contributed by atoms with E-state index in [1.54, 1.807) is 14.2 Å². The summed E-state index contributed by atoms with van der Waals surface area (Å²) in [5.74, 6) is 1.36. The minimum absolute atomic E-state index is 0.00903. The first kappa shape index (κ1) is 22.4. The maximum Gasteiger partial charge on any atom is 0.253 e. The molecule has 4 heterocycles. The second kappa shape index (κ2) is 9.08. The number of nitrogens with zero attached hydrogens (tertiary/aromatic N) is 5. The van der Waals surface area contributed by atoms with Gasteiger partial charge in [0.1, 0.15) is 5.65 Å². The Labute approximate surface area is 198 Å². The molecule has 9 nitrogen and oxygen atoms in total. The first-order chi connectivity index (χ1) is 16.5. The molecule has 1 fully saturated rings. The number of aryl methyl sites for hydroxylation is 1. The summed E-state index contributed by atoms with van der Waals surface area (Å²) < 4.78 is 14.8. The van der Waals surface area contributed by atoms with Gasteiger partial charge in [0.05, 0.1) is 30.4 Å². The van der Waals surface area contributed by atoms with Gasteiger partial charge in [-0.25, -0.2) is 4.98 Å². The molecule has 9 heteroatoms. The summed E-state index contributed by atoms with van der Waals surface area (Å²) in [5, 5.41) is 0.997. The molecule has 34 heavy (non-hydrogen) atoms. The van der Waals surface area contributed by atoms with Gasteiger partial charge in [-0.2, -0.15) is 4.98 Å². The Morgan fingerprint density at radius 1 is 1.18 bits per heavy atom. The highest BCUT2D eigenvalue weighted by Gasteiger charge is 2.24. The number of likely N-dealkylation sites (tertiary alicyclic amines) is 1. The van der Waals surface area contributed by atoms with E-state index in [-0.39, 0.29) is 11.9 Å². The van der Waals surface area contributed by atoms with Gasteiger partial charge in [0.25, 0.3) is 5.91 Å². The van der Waals surface area contributed by atoms with Crippen molar-refractivity contribution in [1.29, 1.82) is 0 Å². The molecule has 1 atom stereocenters. The molecular formula is C25H30N6O3. The van der Waals surface area contributed by atoms with E-state index in [0.29, 0.717) is 31.1 Å². The maximum absolute atomic E-state index is 13.1. The van der Waals surface area contributed by atoms with Crippen molar-refractivity contribution >= 4 is 28.0 Å². The molecule has 0 aliphatic carbocycles. The third kappa shape index (κ3) is 3.91. The predicted octanol–water partition coefficient (Wildman–Crippen LogP) is 2.81. The zero-order chi connectivity index (χ0) is 23.8. The van der Waals surface area contributed by atoms with Crippen molar-refractivity contribution < 1.29 is 14.3 Å². The smallest absolute Gasteiger partial charge is 0.253 e. The highest BCUT2D eigenvalue weighted by molar-refractivity contribution is 5.98. The summed E-state index contributed by atoms with van der Waals surface area (Å²) in [4.78, 5) is 24.5. The number of nitrogens with two attached hydrogens (primary N) is 1. The van der Waals surface area contributed by atoms with Gasteiger partial charge in [0.2, 0.25) is 5.88 Å². The van der Waals surface area contributed by atoms with Crippen LogP contribution in [0.15, 0.2) is 36.4 Å². The van der Waals surface area contributed by atoms with Crippen LogP contribution >= 0.6 is 0 Å². The Bertz CT molecular complexity index is 1360. The standard InChI is InChI=1S/C25H30N6O3/c1-29-20-8-6-17(25(32)30-10-4-5-18(26)15-30)13-19(20)27-24(29)21-14-16-7-9-22(34-3)28-23(16)31(21)11-12-33-2/h6-9,13-14,18H,4-5,10-12,15,26H2,1-3H3. The van der Waals surface area contributed by atoms with Gasteiger partial charge in [0, 0.05) is 56.8 Å². The molecular weight excluding hydrogens is 432 g/mol. The van der Waals surface area contributed by atoms with Crippen LogP contribution in [0, 0.1) is 0 Å². The third-order valence-electron chi connectivity index (χ3n) is 6.55. The van der Waals surface area contributed by atoms with Crippen LogP contribution in [-0.2, 0) is 18.3 Å². The number of aromatic nitrogens is 4. The molecule has 1 aliphatic rings. The molecule has 1 aliphatic heterocycles. The Morgan fingerprint density at radius 2 is 2.03 bits per heavy atom. The molecule has 4 aromatic rings. The Morgan fingerprint density at radius 3 is 2.79 bits per heavy atom. The van der Waals surface area contributed by atoms with E-state index >= 15 is 0 Å². The SMILES string of the molecule is COCCn1c(-c2nc3cc(C(=O)N4CCCC(N)C4)ccc3n2C)cc2ccc(OC)nc21. The van der Waals surface area contributed by atoms with Gasteiger partial charge < -0.3 is 29.2 Å². The average molecular weight is 463 g/mol. The topological polar surface area (TPSA) is 100 Å². The van der Waals surface area contributed by atoms with Crippen LogP contribution in [0.5, 0.6) is 5.88 Å². The van der Waals surface area contributed by atoms with Gasteiger partial charge in [-0.3, -0.25) is 4.79 Å². The number of carbonyl (C=O) groups excluding carboxylic acids is 1. The van der Waals surface area contributed by atoms with E-state index in [0.717, 1.165) is 53.0 Å². The van der Waals surface area contributed by atoms with Gasteiger partial charge in [-0.15, -0.1) is 0 Å². The first-order valence-corrected chi connectivity index (χ1v) is 11.5. The zero-order valence-electron chi connectivity index (χ0n) is 19.8. The van der Waals surface area contributed by atoms with Crippen LogP contribution in [0.25, 0.3) is 33.6 Å². The lowest BCUT2D eigenvalue weighted by Gasteiger charge is -2.30. The lowest BCUT2D eigenvalue weighted by molar-refractivity contribution is 0.0709. The minimum atomic E-state index is 0.00903. The second-order valence-electron chi connectivity index (χ2n) is 8.79. The van der Waals surface area contributed by atoms with Crippen molar-refractivity contribution in [3.05, 3.63) is 42.0 Å². The van der Waals surface area contributed by atoms with Crippen molar-refractivity contribution in [1.82, 2.24) is 24.0 Å². The van der Waals surface area contributed by atoms with E-state index < -0.39 is 0 Å². The normalized spacial score (nSPS) is 16.5. The fourth-order valence-electron chi connectivity index (χ4n) is 4.76. The summed E-state index contributed by atoms with van der Waals surface area (Å²) in [6.45, 7) is 2.50. The third-order valence-corrected chi connectivity index (χ3v) is 6.55. The monoisotopic (exact) mass is 462 g/mol. The number of fused-ring (bicyclic) bond motifs is 2. The lowest BCUT2D eigenvalue weighted by atomic mass is 10.1. The summed E-state index contributed by atoms with van der Waals surface area (Å²) in [6.07, 6.45) is 1.90. The number of benzene rings is 1. The fourth-order valence-corrected chi connectivity index (χ4v) is 4.76. The summed E-state index contributed by atoms with van der Waals surface area (Å²) in [5.41, 5.74) is 10.2. The highest BCUT2D eigenvalue weighted by atomic mass is 16.5. The van der Waals surface area contributed by atoms with Crippen LogP contribution in [0.4, 0.5) is 0 Å². The number of rotatable bonds is 6. The molecule has 1 unspecified atom stereocenters. The van der Waals surface area contributed by atoms with Crippen molar-refractivity contribution in [3.8, 4) is 17.4 Å². The molecule has 0 bridgehead atoms. The van der Waals surface area contributed by atoms with E-state index in [1.165, 1.54) is 0 Å². The van der Waals surface area contributed by atoms with E-state index in [9.17, 15) is 4.79 Å². The van der Waals surface area contributed by atoms with Crippen LogP contribution in [0.3, 0.4) is 0 Å². The maximum atomic E-state index is 13.1. The number of methoxy groups -OCH3 is 2. The van der Waals surface area contributed by atoms with Crippen molar-refractivity contribution in [2.45, 2.75) is 25.4 Å². The van der Waals surface area contributed by atoms with E-state index in [4.69, 9.17) is 20.2 Å². The Kier molecular flexibility index (Phi) is 5.97. The minimum Gasteiger partial charge on any atom is -0.481 e. The number of carbonyl (C=O) groups is 1. The number of pyridine rings is 1. The number of ether oxygens (including phenoxy) is 2. The van der Waals surface area contributed by atoms with Gasteiger partial charge in [-0.1, -0.05) is 0 Å². The van der Waals surface area contributed by atoms with Crippen LogP contribution < -0.4 is 10.5 Å². The van der Waals surface area contributed by atoms with Crippen LogP contribution in [-0.4, -0.2) is 69.9 Å². The van der Waals surface area contributed by atoms with Gasteiger partial charge in [0.15, 0.2) is 5.82 Å². The fraction of sp³-hybridized carbons (Fsp3) is 0.400. The van der Waals surface area contributed by atoms with Gasteiger partial charge in [-0.05, 0) is 43.2 Å². The van der Waals surface area contributed by atoms with Gasteiger partial charge >= 0.3 is 0 Å². The Balaban J connectivity index is 1.57. The molecule has 3 aromatic heterocycles. The largest absolute Gasteiger partial charge is 0.481 e. The number of piperidine rings is 1. The van der Waals surface area contributed by atoms with Crippen LogP contribution in [0.1, 0.15) is 23.2 Å².